The zero-order valence-electron chi connectivity index (χ0n) is 10.9. The number of hydrogen-bond acceptors (Lipinski definition) is 4. The smallest absolute Gasteiger partial charge is 0.238 e. The maximum atomic E-state index is 11.1. The number of rotatable bonds is 6. The molecule has 5 heteroatoms. The minimum absolute atomic E-state index is 0.192. The van der Waals surface area contributed by atoms with Gasteiger partial charge in [-0.05, 0) is 24.0 Å². The summed E-state index contributed by atoms with van der Waals surface area (Å²) in [6.07, 6.45) is 2.78. The molecule has 1 atom stereocenters. The molecule has 1 unspecified atom stereocenters. The van der Waals surface area contributed by atoms with Crippen LogP contribution in [0.1, 0.15) is 24.0 Å². The van der Waals surface area contributed by atoms with Crippen molar-refractivity contribution < 1.29 is 14.3 Å². The summed E-state index contributed by atoms with van der Waals surface area (Å²) in [4.78, 5) is 11.1. The highest BCUT2D eigenvalue weighted by molar-refractivity contribution is 5.77. The Morgan fingerprint density at radius 2 is 2.11 bits per heavy atom. The van der Waals surface area contributed by atoms with Crippen molar-refractivity contribution in [3.63, 3.8) is 0 Å². The lowest BCUT2D eigenvalue weighted by Gasteiger charge is -2.10. The standard InChI is InChI=1S/C14H20N2O3/c15-16-14(17)8-11-3-5-12(6-4-11)9-18-10-13-2-1-7-19-13/h3-6,13H,1-2,7-10,15H2,(H,16,17). The van der Waals surface area contributed by atoms with Crippen molar-refractivity contribution in [2.75, 3.05) is 13.2 Å². The molecule has 19 heavy (non-hydrogen) atoms. The number of ether oxygens (including phenoxy) is 2. The first-order chi connectivity index (χ1) is 9.28. The van der Waals surface area contributed by atoms with E-state index >= 15 is 0 Å². The van der Waals surface area contributed by atoms with Gasteiger partial charge in [-0.25, -0.2) is 5.84 Å². The second-order valence-corrected chi connectivity index (χ2v) is 4.71. The van der Waals surface area contributed by atoms with Crippen LogP contribution in [0.3, 0.4) is 0 Å². The zero-order valence-corrected chi connectivity index (χ0v) is 10.9. The molecular weight excluding hydrogens is 244 g/mol. The lowest BCUT2D eigenvalue weighted by atomic mass is 10.1. The van der Waals surface area contributed by atoms with E-state index in [9.17, 15) is 4.79 Å². The van der Waals surface area contributed by atoms with Crippen LogP contribution in [0.2, 0.25) is 0 Å². The molecule has 0 aliphatic carbocycles. The predicted molar refractivity (Wildman–Crippen MR) is 71.1 cm³/mol. The molecule has 0 radical (unpaired) electrons. The van der Waals surface area contributed by atoms with E-state index in [0.29, 0.717) is 19.6 Å². The maximum Gasteiger partial charge on any atom is 0.238 e. The number of nitrogens with one attached hydrogen (secondary N) is 1. The Balaban J connectivity index is 1.73. The van der Waals surface area contributed by atoms with E-state index in [4.69, 9.17) is 15.3 Å². The minimum atomic E-state index is -0.192. The van der Waals surface area contributed by atoms with Crippen LogP contribution in [0, 0.1) is 0 Å². The van der Waals surface area contributed by atoms with Crippen molar-refractivity contribution in [3.05, 3.63) is 35.4 Å². The molecule has 1 aliphatic rings. The minimum Gasteiger partial charge on any atom is -0.376 e. The van der Waals surface area contributed by atoms with Crippen LogP contribution in [0.15, 0.2) is 24.3 Å². The van der Waals surface area contributed by atoms with Crippen molar-refractivity contribution >= 4 is 5.91 Å². The Bertz CT molecular complexity index is 400. The topological polar surface area (TPSA) is 73.6 Å². The molecule has 0 aromatic heterocycles. The SMILES string of the molecule is NNC(=O)Cc1ccc(COCC2CCCO2)cc1. The summed E-state index contributed by atoms with van der Waals surface area (Å²) < 4.78 is 11.1. The van der Waals surface area contributed by atoms with Crippen molar-refractivity contribution in [1.82, 2.24) is 5.43 Å². The summed E-state index contributed by atoms with van der Waals surface area (Å²) in [6, 6.07) is 7.77. The van der Waals surface area contributed by atoms with E-state index in [0.717, 1.165) is 30.6 Å². The molecule has 0 saturated carbocycles. The molecule has 1 aliphatic heterocycles. The summed E-state index contributed by atoms with van der Waals surface area (Å²) in [6.45, 7) is 2.08. The average Bonchev–Trinajstić information content (AvgIpc) is 2.94. The second-order valence-electron chi connectivity index (χ2n) is 4.71. The molecule has 104 valence electrons. The van der Waals surface area contributed by atoms with Crippen LogP contribution >= 0.6 is 0 Å². The van der Waals surface area contributed by atoms with Crippen molar-refractivity contribution in [3.8, 4) is 0 Å². The van der Waals surface area contributed by atoms with Crippen LogP contribution < -0.4 is 11.3 Å². The van der Waals surface area contributed by atoms with E-state index in [1.807, 2.05) is 24.3 Å². The molecule has 1 aromatic rings. The Labute approximate surface area is 113 Å². The van der Waals surface area contributed by atoms with Gasteiger partial charge in [-0.15, -0.1) is 0 Å². The van der Waals surface area contributed by atoms with Gasteiger partial charge in [0.25, 0.3) is 0 Å². The highest BCUT2D eigenvalue weighted by Gasteiger charge is 2.15. The molecule has 2 rings (SSSR count). The molecule has 1 saturated heterocycles. The Kier molecular flexibility index (Phi) is 5.32. The highest BCUT2D eigenvalue weighted by atomic mass is 16.5. The van der Waals surface area contributed by atoms with Crippen molar-refractivity contribution in [1.29, 1.82) is 0 Å². The number of nitrogens with two attached hydrogens (primary N) is 1. The van der Waals surface area contributed by atoms with Crippen molar-refractivity contribution in [2.45, 2.75) is 32.0 Å². The molecule has 1 fully saturated rings. The fourth-order valence-electron chi connectivity index (χ4n) is 2.07. The lowest BCUT2D eigenvalue weighted by molar-refractivity contribution is -0.120. The van der Waals surface area contributed by atoms with E-state index in [-0.39, 0.29) is 12.0 Å². The molecule has 1 amide bonds. The normalized spacial score (nSPS) is 18.5. The number of carbonyl (C=O) groups is 1. The van der Waals surface area contributed by atoms with Gasteiger partial charge in [-0.1, -0.05) is 24.3 Å². The van der Waals surface area contributed by atoms with Crippen LogP contribution in [0.5, 0.6) is 0 Å². The fourth-order valence-corrected chi connectivity index (χ4v) is 2.07. The Morgan fingerprint density at radius 3 is 2.74 bits per heavy atom. The number of amides is 1. The maximum absolute atomic E-state index is 11.1. The van der Waals surface area contributed by atoms with Gasteiger partial charge in [0.15, 0.2) is 0 Å². The summed E-state index contributed by atoms with van der Waals surface area (Å²) in [5.41, 5.74) is 4.14. The van der Waals surface area contributed by atoms with E-state index in [1.165, 1.54) is 0 Å². The first-order valence-corrected chi connectivity index (χ1v) is 6.54. The fraction of sp³-hybridized carbons (Fsp3) is 0.500. The van der Waals surface area contributed by atoms with Gasteiger partial charge >= 0.3 is 0 Å². The summed E-state index contributed by atoms with van der Waals surface area (Å²) in [5.74, 6) is 4.85. The number of benzene rings is 1. The molecule has 0 spiro atoms. The molecule has 0 bridgehead atoms. The number of hydrazine groups is 1. The molecule has 3 N–H and O–H groups in total. The van der Waals surface area contributed by atoms with Gasteiger partial charge < -0.3 is 9.47 Å². The Morgan fingerprint density at radius 1 is 1.37 bits per heavy atom. The van der Waals surface area contributed by atoms with Crippen LogP contribution in [-0.4, -0.2) is 25.2 Å². The average molecular weight is 264 g/mol. The lowest BCUT2D eigenvalue weighted by Crippen LogP contribution is -2.31. The van der Waals surface area contributed by atoms with Gasteiger partial charge in [0.2, 0.25) is 5.91 Å². The molecule has 1 aromatic carbocycles. The van der Waals surface area contributed by atoms with Crippen LogP contribution in [0.25, 0.3) is 0 Å². The summed E-state index contributed by atoms with van der Waals surface area (Å²) in [5, 5.41) is 0. The number of hydrogen-bond donors (Lipinski definition) is 2. The molecule has 5 nitrogen and oxygen atoms in total. The van der Waals surface area contributed by atoms with Crippen LogP contribution in [-0.2, 0) is 27.3 Å². The third kappa shape index (κ3) is 4.63. The monoisotopic (exact) mass is 264 g/mol. The van der Waals surface area contributed by atoms with Gasteiger partial charge in [0.1, 0.15) is 0 Å². The second kappa shape index (κ2) is 7.23. The van der Waals surface area contributed by atoms with Gasteiger partial charge in [-0.2, -0.15) is 0 Å². The van der Waals surface area contributed by atoms with E-state index in [2.05, 4.69) is 5.43 Å². The Hall–Kier alpha value is -1.43. The summed E-state index contributed by atoms with van der Waals surface area (Å²) in [7, 11) is 0. The predicted octanol–water partition coefficient (Wildman–Crippen LogP) is 0.915. The first kappa shape index (κ1) is 14.0. The third-order valence-electron chi connectivity index (χ3n) is 3.15. The van der Waals surface area contributed by atoms with E-state index < -0.39 is 0 Å². The number of carbonyl (C=O) groups excluding carboxylic acids is 1. The van der Waals surface area contributed by atoms with Gasteiger partial charge in [0.05, 0.1) is 25.7 Å². The van der Waals surface area contributed by atoms with Crippen LogP contribution in [0.4, 0.5) is 0 Å². The van der Waals surface area contributed by atoms with E-state index in [1.54, 1.807) is 0 Å². The molecule has 1 heterocycles. The van der Waals surface area contributed by atoms with Gasteiger partial charge in [-0.3, -0.25) is 10.2 Å². The molecular formula is C14H20N2O3. The summed E-state index contributed by atoms with van der Waals surface area (Å²) >= 11 is 0. The highest BCUT2D eigenvalue weighted by Crippen LogP contribution is 2.13. The van der Waals surface area contributed by atoms with Crippen molar-refractivity contribution in [2.24, 2.45) is 5.84 Å². The largest absolute Gasteiger partial charge is 0.376 e. The quantitative estimate of drug-likeness (QED) is 0.455. The van der Waals surface area contributed by atoms with Gasteiger partial charge in [0, 0.05) is 6.61 Å². The first-order valence-electron chi connectivity index (χ1n) is 6.54. The third-order valence-corrected chi connectivity index (χ3v) is 3.15. The zero-order chi connectivity index (χ0) is 13.5.